The quantitative estimate of drug-likeness (QED) is 0.505. The topological polar surface area (TPSA) is 99.9 Å². The highest BCUT2D eigenvalue weighted by atomic mass is 32.1. The Balaban J connectivity index is 1.48. The smallest absolute Gasteiger partial charge is 0.323 e. The highest BCUT2D eigenvalue weighted by Crippen LogP contribution is 2.18. The first-order chi connectivity index (χ1) is 12.7. The molecule has 0 spiro atoms. The zero-order chi connectivity index (χ0) is 17.9. The summed E-state index contributed by atoms with van der Waals surface area (Å²) in [6, 6.07) is 12.1. The van der Waals surface area contributed by atoms with Crippen LogP contribution < -0.4 is 15.7 Å². The number of nitrogens with one attached hydrogen (secondary N) is 3. The van der Waals surface area contributed by atoms with Crippen molar-refractivity contribution in [1.29, 1.82) is 0 Å². The monoisotopic (exact) mass is 366 g/mol. The first kappa shape index (κ1) is 16.1. The van der Waals surface area contributed by atoms with Crippen LogP contribution in [0.2, 0.25) is 0 Å². The minimum absolute atomic E-state index is 0.263. The van der Waals surface area contributed by atoms with Crippen molar-refractivity contribution in [2.75, 3.05) is 5.32 Å². The number of imidazole rings is 1. The lowest BCUT2D eigenvalue weighted by Crippen LogP contribution is -2.12. The molecule has 0 unspecified atom stereocenters. The molecular formula is C18H14N4O3S. The average Bonchev–Trinajstić information content (AvgIpc) is 3.28. The molecule has 0 saturated heterocycles. The summed E-state index contributed by atoms with van der Waals surface area (Å²) in [6.45, 7) is 0.353. The summed E-state index contributed by atoms with van der Waals surface area (Å²) in [5.41, 5.74) is 4.69. The lowest BCUT2D eigenvalue weighted by molar-refractivity contribution is 0.102. The number of carbonyl (C=O) groups excluding carboxylic acids is 1. The van der Waals surface area contributed by atoms with E-state index in [9.17, 15) is 9.59 Å². The number of anilines is 1. The SMILES string of the molecule is O=C(Nc1ccc2[nH]c(=O)[nH]c2c1)c1cccc(OCc2cscn2)c1. The molecule has 3 N–H and O–H groups in total. The fraction of sp³-hybridized carbons (Fsp3) is 0.0556. The summed E-state index contributed by atoms with van der Waals surface area (Å²) in [5.74, 6) is 0.331. The van der Waals surface area contributed by atoms with Crippen LogP contribution in [-0.4, -0.2) is 20.9 Å². The Bertz CT molecular complexity index is 1110. The summed E-state index contributed by atoms with van der Waals surface area (Å²) in [7, 11) is 0. The van der Waals surface area contributed by atoms with Crippen molar-refractivity contribution in [2.45, 2.75) is 6.61 Å². The van der Waals surface area contributed by atoms with Gasteiger partial charge < -0.3 is 20.0 Å². The van der Waals surface area contributed by atoms with E-state index in [0.717, 1.165) is 5.69 Å². The maximum Gasteiger partial charge on any atom is 0.323 e. The molecule has 0 aliphatic carbocycles. The molecule has 2 aromatic carbocycles. The van der Waals surface area contributed by atoms with Gasteiger partial charge in [0.05, 0.1) is 22.2 Å². The number of amides is 1. The Morgan fingerprint density at radius 3 is 2.88 bits per heavy atom. The van der Waals surface area contributed by atoms with Crippen molar-refractivity contribution in [3.05, 3.63) is 75.1 Å². The Morgan fingerprint density at radius 1 is 1.15 bits per heavy atom. The minimum atomic E-state index is -0.284. The summed E-state index contributed by atoms with van der Waals surface area (Å²) in [5, 5.41) is 4.73. The maximum absolute atomic E-state index is 12.5. The second kappa shape index (κ2) is 6.85. The van der Waals surface area contributed by atoms with Crippen LogP contribution in [-0.2, 0) is 6.61 Å². The summed E-state index contributed by atoms with van der Waals surface area (Å²) >= 11 is 1.51. The van der Waals surface area contributed by atoms with Crippen LogP contribution in [0.1, 0.15) is 16.1 Å². The van der Waals surface area contributed by atoms with Crippen LogP contribution in [0.25, 0.3) is 11.0 Å². The number of carbonyl (C=O) groups is 1. The molecule has 1 amide bonds. The molecule has 2 heterocycles. The molecule has 2 aromatic heterocycles. The van der Waals surface area contributed by atoms with Crippen molar-refractivity contribution in [3.63, 3.8) is 0 Å². The fourth-order valence-corrected chi connectivity index (χ4v) is 3.05. The van der Waals surface area contributed by atoms with Crippen LogP contribution in [0.4, 0.5) is 5.69 Å². The molecule has 130 valence electrons. The number of H-pyrrole nitrogens is 2. The van der Waals surface area contributed by atoms with Gasteiger partial charge in [-0.05, 0) is 36.4 Å². The van der Waals surface area contributed by atoms with Gasteiger partial charge >= 0.3 is 5.69 Å². The lowest BCUT2D eigenvalue weighted by atomic mass is 10.2. The number of fused-ring (bicyclic) bond motifs is 1. The highest BCUT2D eigenvalue weighted by Gasteiger charge is 2.09. The van der Waals surface area contributed by atoms with Gasteiger partial charge in [0.25, 0.3) is 5.91 Å². The van der Waals surface area contributed by atoms with Gasteiger partial charge in [0.2, 0.25) is 0 Å². The fourth-order valence-electron chi connectivity index (χ4n) is 2.51. The largest absolute Gasteiger partial charge is 0.487 e. The second-order valence-electron chi connectivity index (χ2n) is 5.59. The second-order valence-corrected chi connectivity index (χ2v) is 6.31. The molecule has 0 fully saturated rings. The summed E-state index contributed by atoms with van der Waals surface area (Å²) in [4.78, 5) is 33.3. The number of aromatic nitrogens is 3. The number of thiazole rings is 1. The van der Waals surface area contributed by atoms with E-state index in [1.165, 1.54) is 11.3 Å². The van der Waals surface area contributed by atoms with E-state index in [0.29, 0.717) is 34.6 Å². The third-order valence-electron chi connectivity index (χ3n) is 3.74. The molecule has 0 aliphatic heterocycles. The van der Waals surface area contributed by atoms with Crippen molar-refractivity contribution in [2.24, 2.45) is 0 Å². The number of benzene rings is 2. The van der Waals surface area contributed by atoms with Crippen molar-refractivity contribution in [3.8, 4) is 5.75 Å². The summed E-state index contributed by atoms with van der Waals surface area (Å²) < 4.78 is 5.67. The van der Waals surface area contributed by atoms with Gasteiger partial charge in [-0.15, -0.1) is 11.3 Å². The molecule has 26 heavy (non-hydrogen) atoms. The van der Waals surface area contributed by atoms with Crippen molar-refractivity contribution >= 4 is 34.0 Å². The minimum Gasteiger partial charge on any atom is -0.487 e. The Kier molecular flexibility index (Phi) is 4.24. The van der Waals surface area contributed by atoms with E-state index < -0.39 is 0 Å². The van der Waals surface area contributed by atoms with Crippen molar-refractivity contribution in [1.82, 2.24) is 15.0 Å². The number of rotatable bonds is 5. The molecule has 0 atom stereocenters. The highest BCUT2D eigenvalue weighted by molar-refractivity contribution is 7.07. The maximum atomic E-state index is 12.5. The predicted octanol–water partition coefficient (Wildman–Crippen LogP) is 3.14. The van der Waals surface area contributed by atoms with Gasteiger partial charge in [0, 0.05) is 16.6 Å². The lowest BCUT2D eigenvalue weighted by Gasteiger charge is -2.08. The standard InChI is InChI=1S/C18H14N4O3S/c23-17(20-12-4-5-15-16(7-12)22-18(24)21-15)11-2-1-3-14(6-11)25-8-13-9-26-10-19-13/h1-7,9-10H,8H2,(H,20,23)(H2,21,22,24). The normalized spacial score (nSPS) is 10.8. The van der Waals surface area contributed by atoms with Crippen LogP contribution in [0.5, 0.6) is 5.75 Å². The number of ether oxygens (including phenoxy) is 1. The number of nitrogens with zero attached hydrogens (tertiary/aromatic N) is 1. The van der Waals surface area contributed by atoms with Gasteiger partial charge in [0.1, 0.15) is 12.4 Å². The first-order valence-corrected chi connectivity index (χ1v) is 8.75. The Hall–Kier alpha value is -3.39. The van der Waals surface area contributed by atoms with E-state index in [2.05, 4.69) is 20.3 Å². The zero-order valence-corrected chi connectivity index (χ0v) is 14.3. The van der Waals surface area contributed by atoms with Crippen molar-refractivity contribution < 1.29 is 9.53 Å². The predicted molar refractivity (Wildman–Crippen MR) is 99.8 cm³/mol. The van der Waals surface area contributed by atoms with Gasteiger partial charge in [0.15, 0.2) is 0 Å². The average molecular weight is 366 g/mol. The van der Waals surface area contributed by atoms with E-state index in [1.807, 2.05) is 5.38 Å². The third-order valence-corrected chi connectivity index (χ3v) is 4.38. The summed E-state index contributed by atoms with van der Waals surface area (Å²) in [6.07, 6.45) is 0. The molecule has 0 radical (unpaired) electrons. The van der Waals surface area contributed by atoms with Crippen LogP contribution in [0.3, 0.4) is 0 Å². The molecule has 4 rings (SSSR count). The van der Waals surface area contributed by atoms with Crippen LogP contribution in [0.15, 0.2) is 58.1 Å². The van der Waals surface area contributed by atoms with Gasteiger partial charge in [-0.2, -0.15) is 0 Å². The molecule has 7 nitrogen and oxygen atoms in total. The van der Waals surface area contributed by atoms with Crippen LogP contribution >= 0.6 is 11.3 Å². The van der Waals surface area contributed by atoms with E-state index in [-0.39, 0.29) is 11.6 Å². The Morgan fingerprint density at radius 2 is 2.04 bits per heavy atom. The number of hydrogen-bond donors (Lipinski definition) is 3. The molecular weight excluding hydrogens is 352 g/mol. The first-order valence-electron chi connectivity index (χ1n) is 7.81. The van der Waals surface area contributed by atoms with E-state index >= 15 is 0 Å². The van der Waals surface area contributed by atoms with Gasteiger partial charge in [-0.1, -0.05) is 6.07 Å². The number of hydrogen-bond acceptors (Lipinski definition) is 5. The molecule has 8 heteroatoms. The zero-order valence-electron chi connectivity index (χ0n) is 13.5. The van der Waals surface area contributed by atoms with Gasteiger partial charge in [-0.25, -0.2) is 9.78 Å². The van der Waals surface area contributed by atoms with Crippen LogP contribution in [0, 0.1) is 0 Å². The van der Waals surface area contributed by atoms with E-state index in [4.69, 9.17) is 4.74 Å². The third kappa shape index (κ3) is 3.50. The molecule has 4 aromatic rings. The van der Waals surface area contributed by atoms with E-state index in [1.54, 1.807) is 48.0 Å². The van der Waals surface area contributed by atoms with Gasteiger partial charge in [-0.3, -0.25) is 4.79 Å². The molecule has 0 bridgehead atoms. The number of aromatic amines is 2. The Labute approximate surface area is 151 Å². The molecule has 0 aliphatic rings. The molecule has 0 saturated carbocycles.